The maximum atomic E-state index is 10.9. The number of H-pyrrole nitrogens is 1. The lowest BCUT2D eigenvalue weighted by atomic mass is 10.1. The standard InChI is InChI=1S/C14H13N3O4/c1-14(2,20)8-7-9-3-5-10(6-4-9)21-12-11(13(18)19)15-17-16-12/h3-6,20H,1-2H3,(H,18,19)(H,15,16,17). The largest absolute Gasteiger partial charge is 0.476 e. The topological polar surface area (TPSA) is 108 Å². The number of benzene rings is 1. The number of nitrogens with zero attached hydrogens (tertiary/aromatic N) is 2. The SMILES string of the molecule is CC(C)(O)C#Cc1ccc(Oc2nn[nH]c2C(=O)O)cc1. The monoisotopic (exact) mass is 287 g/mol. The summed E-state index contributed by atoms with van der Waals surface area (Å²) < 4.78 is 5.33. The molecule has 0 aliphatic heterocycles. The molecule has 1 aromatic carbocycles. The summed E-state index contributed by atoms with van der Waals surface area (Å²) in [5, 5.41) is 27.6. The van der Waals surface area contributed by atoms with Crippen molar-refractivity contribution < 1.29 is 19.7 Å². The van der Waals surface area contributed by atoms with Crippen LogP contribution in [0.2, 0.25) is 0 Å². The smallest absolute Gasteiger partial charge is 0.359 e. The van der Waals surface area contributed by atoms with Crippen LogP contribution in [0.4, 0.5) is 0 Å². The number of hydrogen-bond acceptors (Lipinski definition) is 5. The van der Waals surface area contributed by atoms with Crippen LogP contribution in [0.3, 0.4) is 0 Å². The van der Waals surface area contributed by atoms with E-state index in [9.17, 15) is 9.90 Å². The number of aromatic amines is 1. The normalized spacial score (nSPS) is 10.6. The van der Waals surface area contributed by atoms with Gasteiger partial charge in [-0.2, -0.15) is 0 Å². The summed E-state index contributed by atoms with van der Waals surface area (Å²) in [5.74, 6) is 4.59. The van der Waals surface area contributed by atoms with Gasteiger partial charge in [0.15, 0.2) is 0 Å². The van der Waals surface area contributed by atoms with Gasteiger partial charge in [0.1, 0.15) is 11.4 Å². The molecule has 7 nitrogen and oxygen atoms in total. The molecule has 7 heteroatoms. The number of carboxylic acid groups (broad SMARTS) is 1. The van der Waals surface area contributed by atoms with Gasteiger partial charge in [-0.1, -0.05) is 22.2 Å². The number of nitrogens with one attached hydrogen (secondary N) is 1. The highest BCUT2D eigenvalue weighted by molar-refractivity contribution is 5.87. The minimum absolute atomic E-state index is 0.113. The highest BCUT2D eigenvalue weighted by atomic mass is 16.5. The van der Waals surface area contributed by atoms with Crippen LogP contribution in [0.1, 0.15) is 29.9 Å². The summed E-state index contributed by atoms with van der Waals surface area (Å²) in [7, 11) is 0. The molecule has 2 rings (SSSR count). The minimum Gasteiger partial charge on any atom is -0.476 e. The average Bonchev–Trinajstić information content (AvgIpc) is 2.85. The van der Waals surface area contributed by atoms with Crippen LogP contribution >= 0.6 is 0 Å². The molecule has 21 heavy (non-hydrogen) atoms. The van der Waals surface area contributed by atoms with Crippen molar-refractivity contribution in [2.24, 2.45) is 0 Å². The number of aliphatic hydroxyl groups is 1. The van der Waals surface area contributed by atoms with Gasteiger partial charge in [-0.3, -0.25) is 0 Å². The van der Waals surface area contributed by atoms with Crippen molar-refractivity contribution in [1.29, 1.82) is 0 Å². The van der Waals surface area contributed by atoms with E-state index in [0.717, 1.165) is 0 Å². The third-order valence-corrected chi connectivity index (χ3v) is 2.31. The number of aromatic nitrogens is 3. The van der Waals surface area contributed by atoms with E-state index in [-0.39, 0.29) is 11.6 Å². The van der Waals surface area contributed by atoms with Crippen LogP contribution < -0.4 is 4.74 Å². The molecule has 2 aromatic rings. The Morgan fingerprint density at radius 1 is 1.33 bits per heavy atom. The second kappa shape index (κ2) is 5.64. The first kappa shape index (κ1) is 14.6. The molecule has 1 heterocycles. The molecular weight excluding hydrogens is 274 g/mol. The molecule has 0 unspecified atom stereocenters. The van der Waals surface area contributed by atoms with E-state index in [2.05, 4.69) is 27.3 Å². The summed E-state index contributed by atoms with van der Waals surface area (Å²) in [5.41, 5.74) is -0.587. The zero-order valence-electron chi connectivity index (χ0n) is 11.4. The Labute approximate surface area is 120 Å². The number of carbonyl (C=O) groups is 1. The fourth-order valence-electron chi connectivity index (χ4n) is 1.37. The molecule has 108 valence electrons. The minimum atomic E-state index is -1.21. The predicted molar refractivity (Wildman–Crippen MR) is 73.0 cm³/mol. The number of hydrogen-bond donors (Lipinski definition) is 3. The molecule has 1 aromatic heterocycles. The zero-order valence-corrected chi connectivity index (χ0v) is 11.4. The molecule has 0 radical (unpaired) electrons. The van der Waals surface area contributed by atoms with Crippen molar-refractivity contribution in [3.05, 3.63) is 35.5 Å². The van der Waals surface area contributed by atoms with Gasteiger partial charge in [0.25, 0.3) is 5.88 Å². The van der Waals surface area contributed by atoms with E-state index in [1.54, 1.807) is 38.1 Å². The van der Waals surface area contributed by atoms with Gasteiger partial charge < -0.3 is 14.9 Å². The summed E-state index contributed by atoms with van der Waals surface area (Å²) in [4.78, 5) is 10.9. The third-order valence-electron chi connectivity index (χ3n) is 2.31. The van der Waals surface area contributed by atoms with Gasteiger partial charge in [-0.05, 0) is 38.1 Å². The second-order valence-corrected chi connectivity index (χ2v) is 4.73. The van der Waals surface area contributed by atoms with Crippen LogP contribution in [0, 0.1) is 11.8 Å². The molecule has 0 aliphatic rings. The Bertz CT molecular complexity index is 702. The second-order valence-electron chi connectivity index (χ2n) is 4.73. The summed E-state index contributed by atoms with van der Waals surface area (Å²) in [6.07, 6.45) is 0. The van der Waals surface area contributed by atoms with E-state index < -0.39 is 11.6 Å². The third kappa shape index (κ3) is 4.06. The molecule has 0 bridgehead atoms. The predicted octanol–water partition coefficient (Wildman–Crippen LogP) is 1.42. The molecular formula is C14H13N3O4. The van der Waals surface area contributed by atoms with Gasteiger partial charge in [-0.25, -0.2) is 9.89 Å². The highest BCUT2D eigenvalue weighted by Crippen LogP contribution is 2.21. The van der Waals surface area contributed by atoms with Crippen molar-refractivity contribution in [3.63, 3.8) is 0 Å². The first-order valence-electron chi connectivity index (χ1n) is 6.03. The lowest BCUT2D eigenvalue weighted by Gasteiger charge is -2.06. The Morgan fingerprint density at radius 2 is 2.00 bits per heavy atom. The molecule has 0 aliphatic carbocycles. The fraction of sp³-hybridized carbons (Fsp3) is 0.214. The first-order chi connectivity index (χ1) is 9.85. The summed E-state index contributed by atoms with van der Waals surface area (Å²) in [6, 6.07) is 6.62. The van der Waals surface area contributed by atoms with E-state index >= 15 is 0 Å². The highest BCUT2D eigenvalue weighted by Gasteiger charge is 2.16. The Morgan fingerprint density at radius 3 is 2.57 bits per heavy atom. The van der Waals surface area contributed by atoms with E-state index in [1.165, 1.54) is 0 Å². The van der Waals surface area contributed by atoms with Gasteiger partial charge in [0.05, 0.1) is 0 Å². The number of ether oxygens (including phenoxy) is 1. The van der Waals surface area contributed by atoms with Crippen molar-refractivity contribution in [2.45, 2.75) is 19.4 Å². The maximum Gasteiger partial charge on any atom is 0.359 e. The van der Waals surface area contributed by atoms with Crippen LogP contribution in [-0.2, 0) is 0 Å². The summed E-state index contributed by atoms with van der Waals surface area (Å²) in [6.45, 7) is 3.19. The summed E-state index contributed by atoms with van der Waals surface area (Å²) >= 11 is 0. The van der Waals surface area contributed by atoms with Crippen molar-refractivity contribution >= 4 is 5.97 Å². The van der Waals surface area contributed by atoms with E-state index in [4.69, 9.17) is 9.84 Å². The van der Waals surface area contributed by atoms with Crippen LogP contribution in [0.5, 0.6) is 11.6 Å². The maximum absolute atomic E-state index is 10.9. The van der Waals surface area contributed by atoms with Gasteiger partial charge in [-0.15, -0.1) is 0 Å². The Kier molecular flexibility index (Phi) is 3.91. The fourth-order valence-corrected chi connectivity index (χ4v) is 1.37. The van der Waals surface area contributed by atoms with Crippen molar-refractivity contribution in [1.82, 2.24) is 15.4 Å². The van der Waals surface area contributed by atoms with Gasteiger partial charge >= 0.3 is 5.97 Å². The van der Waals surface area contributed by atoms with Crippen molar-refractivity contribution in [2.75, 3.05) is 0 Å². The molecule has 0 saturated heterocycles. The van der Waals surface area contributed by atoms with Gasteiger partial charge in [0.2, 0.25) is 5.69 Å². The van der Waals surface area contributed by atoms with Gasteiger partial charge in [0, 0.05) is 5.56 Å². The lowest BCUT2D eigenvalue weighted by Crippen LogP contribution is -2.14. The number of aromatic carboxylic acids is 1. The molecule has 0 atom stereocenters. The first-order valence-corrected chi connectivity index (χ1v) is 6.03. The zero-order chi connectivity index (χ0) is 15.5. The molecule has 0 amide bonds. The van der Waals surface area contributed by atoms with E-state index in [1.807, 2.05) is 0 Å². The Balaban J connectivity index is 2.14. The molecule has 0 saturated carbocycles. The quantitative estimate of drug-likeness (QED) is 0.737. The van der Waals surface area contributed by atoms with E-state index in [0.29, 0.717) is 11.3 Å². The Hall–Kier alpha value is -2.85. The van der Waals surface area contributed by atoms with Crippen LogP contribution in [0.25, 0.3) is 0 Å². The number of rotatable bonds is 3. The van der Waals surface area contributed by atoms with Crippen LogP contribution in [-0.4, -0.2) is 37.2 Å². The average molecular weight is 287 g/mol. The molecule has 0 fully saturated rings. The number of carboxylic acids is 1. The van der Waals surface area contributed by atoms with Crippen molar-refractivity contribution in [3.8, 4) is 23.5 Å². The molecule has 0 spiro atoms. The van der Waals surface area contributed by atoms with Crippen LogP contribution in [0.15, 0.2) is 24.3 Å². The lowest BCUT2D eigenvalue weighted by molar-refractivity contribution is 0.0687. The molecule has 3 N–H and O–H groups in total.